The van der Waals surface area contributed by atoms with Crippen LogP contribution in [0.5, 0.6) is 0 Å². The van der Waals surface area contributed by atoms with Crippen molar-refractivity contribution in [2.24, 2.45) is 0 Å². The van der Waals surface area contributed by atoms with Crippen molar-refractivity contribution in [3.05, 3.63) is 66.2 Å². The smallest absolute Gasteiger partial charge is 0.276 e. The van der Waals surface area contributed by atoms with E-state index in [4.69, 9.17) is 0 Å². The van der Waals surface area contributed by atoms with Crippen LogP contribution in [-0.2, 0) is 6.54 Å². The molecule has 0 radical (unpaired) electrons. The van der Waals surface area contributed by atoms with Gasteiger partial charge in [-0.15, -0.1) is 0 Å². The van der Waals surface area contributed by atoms with Crippen molar-refractivity contribution in [1.82, 2.24) is 25.1 Å². The molecule has 5 rings (SSSR count). The molecule has 1 saturated heterocycles. The number of nitrogens with one attached hydrogen (secondary N) is 2. The molecule has 0 saturated carbocycles. The van der Waals surface area contributed by atoms with E-state index in [-0.39, 0.29) is 5.91 Å². The minimum absolute atomic E-state index is 0.280. The number of fused-ring (bicyclic) bond motifs is 1. The zero-order valence-electron chi connectivity index (χ0n) is 18.2. The molecule has 4 aromatic rings. The summed E-state index contributed by atoms with van der Waals surface area (Å²) < 4.78 is 0. The van der Waals surface area contributed by atoms with E-state index in [2.05, 4.69) is 36.4 Å². The maximum atomic E-state index is 12.9. The molecule has 2 N–H and O–H groups in total. The molecule has 1 aromatic carbocycles. The first-order valence-electron chi connectivity index (χ1n) is 10.7. The van der Waals surface area contributed by atoms with Gasteiger partial charge in [0, 0.05) is 44.0 Å². The standard InChI is InChI=1S/C24H25N7O/c1-30(2)22-7-5-19(14-26-22)27-24(32)23-20-11-17(4-6-21(20)28-29-23)18-10-16(12-25-13-18)15-31-8-3-9-31/h4-7,10-14H,3,8-9,15H2,1-2H3,(H,27,32)(H,28,29). The molecule has 3 aromatic heterocycles. The molecule has 32 heavy (non-hydrogen) atoms. The molecular weight excluding hydrogens is 402 g/mol. The van der Waals surface area contributed by atoms with Gasteiger partial charge in [-0.2, -0.15) is 5.10 Å². The molecule has 162 valence electrons. The Morgan fingerprint density at radius 3 is 2.69 bits per heavy atom. The van der Waals surface area contributed by atoms with Crippen molar-refractivity contribution < 1.29 is 4.79 Å². The molecule has 0 aliphatic carbocycles. The Kier molecular flexibility index (Phi) is 5.28. The highest BCUT2D eigenvalue weighted by Gasteiger charge is 2.17. The first-order chi connectivity index (χ1) is 15.6. The van der Waals surface area contributed by atoms with Crippen LogP contribution in [0.1, 0.15) is 22.5 Å². The van der Waals surface area contributed by atoms with Gasteiger partial charge in [-0.05, 0) is 61.0 Å². The molecule has 0 atom stereocenters. The van der Waals surface area contributed by atoms with Crippen LogP contribution in [0.3, 0.4) is 0 Å². The summed E-state index contributed by atoms with van der Waals surface area (Å²) in [6.45, 7) is 3.22. The Morgan fingerprint density at radius 1 is 1.09 bits per heavy atom. The number of hydrogen-bond acceptors (Lipinski definition) is 6. The van der Waals surface area contributed by atoms with Crippen LogP contribution in [0.25, 0.3) is 22.0 Å². The third-order valence-electron chi connectivity index (χ3n) is 5.72. The number of H-pyrrole nitrogens is 1. The van der Waals surface area contributed by atoms with Crippen molar-refractivity contribution in [2.45, 2.75) is 13.0 Å². The number of carbonyl (C=O) groups is 1. The number of benzene rings is 1. The summed E-state index contributed by atoms with van der Waals surface area (Å²) in [6.07, 6.45) is 6.69. The second-order valence-electron chi connectivity index (χ2n) is 8.30. The zero-order chi connectivity index (χ0) is 22.1. The van der Waals surface area contributed by atoms with Crippen LogP contribution >= 0.6 is 0 Å². The summed E-state index contributed by atoms with van der Waals surface area (Å²) in [7, 11) is 3.84. The third kappa shape index (κ3) is 4.04. The monoisotopic (exact) mass is 427 g/mol. The van der Waals surface area contributed by atoms with Gasteiger partial charge in [0.1, 0.15) is 5.82 Å². The molecule has 4 heterocycles. The molecule has 0 spiro atoms. The highest BCUT2D eigenvalue weighted by atomic mass is 16.1. The van der Waals surface area contributed by atoms with E-state index in [1.54, 1.807) is 6.20 Å². The highest BCUT2D eigenvalue weighted by molar-refractivity contribution is 6.11. The topological polar surface area (TPSA) is 90.0 Å². The van der Waals surface area contributed by atoms with Crippen LogP contribution in [0.2, 0.25) is 0 Å². The highest BCUT2D eigenvalue weighted by Crippen LogP contribution is 2.27. The maximum Gasteiger partial charge on any atom is 0.276 e. The third-order valence-corrected chi connectivity index (χ3v) is 5.72. The number of rotatable bonds is 6. The summed E-state index contributed by atoms with van der Waals surface area (Å²) in [4.78, 5) is 26.0. The molecule has 1 aliphatic rings. The van der Waals surface area contributed by atoms with Gasteiger partial charge in [-0.3, -0.25) is 19.8 Å². The van der Waals surface area contributed by atoms with E-state index >= 15 is 0 Å². The quantitative estimate of drug-likeness (QED) is 0.489. The predicted molar refractivity (Wildman–Crippen MR) is 126 cm³/mol. The minimum Gasteiger partial charge on any atom is -0.363 e. The van der Waals surface area contributed by atoms with E-state index in [0.29, 0.717) is 11.4 Å². The lowest BCUT2D eigenvalue weighted by Crippen LogP contribution is -2.36. The predicted octanol–water partition coefficient (Wildman–Crippen LogP) is 3.54. The van der Waals surface area contributed by atoms with Gasteiger partial charge in [-0.25, -0.2) is 4.98 Å². The molecule has 8 nitrogen and oxygen atoms in total. The summed E-state index contributed by atoms with van der Waals surface area (Å²) in [5, 5.41) is 10.9. The van der Waals surface area contributed by atoms with Gasteiger partial charge in [0.05, 0.1) is 17.4 Å². The van der Waals surface area contributed by atoms with Crippen LogP contribution in [-0.4, -0.2) is 58.2 Å². The van der Waals surface area contributed by atoms with Crippen LogP contribution in [0.4, 0.5) is 11.5 Å². The van der Waals surface area contributed by atoms with Crippen LogP contribution < -0.4 is 10.2 Å². The van der Waals surface area contributed by atoms with E-state index in [9.17, 15) is 4.79 Å². The fourth-order valence-electron chi connectivity index (χ4n) is 3.81. The lowest BCUT2D eigenvalue weighted by atomic mass is 10.0. The molecule has 1 fully saturated rings. The number of pyridine rings is 2. The SMILES string of the molecule is CN(C)c1ccc(NC(=O)c2n[nH]c3ccc(-c4cncc(CN5CCC5)c4)cc23)cn1. The van der Waals surface area contributed by atoms with Crippen molar-refractivity contribution in [2.75, 3.05) is 37.4 Å². The first kappa shape index (κ1) is 20.1. The Balaban J connectivity index is 1.40. The van der Waals surface area contributed by atoms with Gasteiger partial charge in [0.15, 0.2) is 5.69 Å². The van der Waals surface area contributed by atoms with E-state index in [1.165, 1.54) is 12.0 Å². The minimum atomic E-state index is -0.280. The van der Waals surface area contributed by atoms with Crippen molar-refractivity contribution in [3.63, 3.8) is 0 Å². The van der Waals surface area contributed by atoms with Crippen LogP contribution in [0, 0.1) is 0 Å². The van der Waals surface area contributed by atoms with E-state index in [1.807, 2.05) is 61.7 Å². The summed E-state index contributed by atoms with van der Waals surface area (Å²) >= 11 is 0. The first-order valence-corrected chi connectivity index (χ1v) is 10.7. The van der Waals surface area contributed by atoms with Crippen molar-refractivity contribution in [3.8, 4) is 11.1 Å². The molecule has 0 bridgehead atoms. The van der Waals surface area contributed by atoms with Gasteiger partial charge < -0.3 is 10.2 Å². The Bertz CT molecular complexity index is 1260. The van der Waals surface area contributed by atoms with Crippen molar-refractivity contribution >= 4 is 28.3 Å². The Morgan fingerprint density at radius 2 is 1.97 bits per heavy atom. The molecule has 8 heteroatoms. The zero-order valence-corrected chi connectivity index (χ0v) is 18.2. The number of likely N-dealkylation sites (tertiary alicyclic amines) is 1. The number of nitrogens with zero attached hydrogens (tertiary/aromatic N) is 5. The fraction of sp³-hybridized carbons (Fsp3) is 0.250. The average Bonchev–Trinajstić information content (AvgIpc) is 3.20. The number of amides is 1. The number of aromatic nitrogens is 4. The van der Waals surface area contributed by atoms with Gasteiger partial charge in [0.2, 0.25) is 0 Å². The average molecular weight is 428 g/mol. The second-order valence-corrected chi connectivity index (χ2v) is 8.30. The normalized spacial score (nSPS) is 13.7. The van der Waals surface area contributed by atoms with E-state index in [0.717, 1.165) is 47.5 Å². The Labute approximate surface area is 186 Å². The van der Waals surface area contributed by atoms with Crippen molar-refractivity contribution in [1.29, 1.82) is 0 Å². The lowest BCUT2D eigenvalue weighted by Gasteiger charge is -2.30. The largest absolute Gasteiger partial charge is 0.363 e. The second kappa shape index (κ2) is 8.39. The van der Waals surface area contributed by atoms with Gasteiger partial charge >= 0.3 is 0 Å². The maximum absolute atomic E-state index is 12.9. The number of hydrogen-bond donors (Lipinski definition) is 2. The number of carbonyl (C=O) groups excluding carboxylic acids is 1. The van der Waals surface area contributed by atoms with Crippen LogP contribution in [0.15, 0.2) is 55.0 Å². The van der Waals surface area contributed by atoms with Gasteiger partial charge in [0.25, 0.3) is 5.91 Å². The number of anilines is 2. The van der Waals surface area contributed by atoms with Gasteiger partial charge in [-0.1, -0.05) is 6.07 Å². The molecule has 1 aliphatic heterocycles. The fourth-order valence-corrected chi connectivity index (χ4v) is 3.81. The lowest BCUT2D eigenvalue weighted by molar-refractivity contribution is 0.102. The van der Waals surface area contributed by atoms with E-state index < -0.39 is 0 Å². The molecular formula is C24H25N7O. The summed E-state index contributed by atoms with van der Waals surface area (Å²) in [6, 6.07) is 11.8. The Hall–Kier alpha value is -3.78. The molecule has 1 amide bonds. The molecule has 0 unspecified atom stereocenters. The summed E-state index contributed by atoms with van der Waals surface area (Å²) in [5.41, 5.74) is 5.01. The summed E-state index contributed by atoms with van der Waals surface area (Å²) in [5.74, 6) is 0.542. The number of aromatic amines is 1.